The lowest BCUT2D eigenvalue weighted by Crippen LogP contribution is -2.12. The standard InChI is InChI=1S/C17H16N4O2S/c1-24-13-6-4-5-12(11-13)19-15(22)8-9-16-20-17(21-23-16)14-7-2-3-10-18-14/h2-7,10-11H,8-9H2,1H3,(H,19,22). The van der Waals surface area contributed by atoms with Crippen LogP contribution >= 0.6 is 11.8 Å². The van der Waals surface area contributed by atoms with Crippen LogP contribution in [-0.2, 0) is 11.2 Å². The maximum absolute atomic E-state index is 12.0. The zero-order chi connectivity index (χ0) is 16.8. The van der Waals surface area contributed by atoms with Crippen molar-refractivity contribution in [2.45, 2.75) is 17.7 Å². The second kappa shape index (κ2) is 7.74. The zero-order valence-corrected chi connectivity index (χ0v) is 13.9. The van der Waals surface area contributed by atoms with Crippen LogP contribution < -0.4 is 5.32 Å². The molecule has 0 atom stereocenters. The fraction of sp³-hybridized carbons (Fsp3) is 0.176. The first kappa shape index (κ1) is 16.2. The largest absolute Gasteiger partial charge is 0.339 e. The summed E-state index contributed by atoms with van der Waals surface area (Å²) in [7, 11) is 0. The molecule has 0 saturated carbocycles. The van der Waals surface area contributed by atoms with E-state index in [0.717, 1.165) is 10.6 Å². The summed E-state index contributed by atoms with van der Waals surface area (Å²) in [6.07, 6.45) is 4.32. The summed E-state index contributed by atoms with van der Waals surface area (Å²) in [4.78, 5) is 21.6. The van der Waals surface area contributed by atoms with Crippen molar-refractivity contribution in [1.29, 1.82) is 0 Å². The molecule has 0 aliphatic carbocycles. The van der Waals surface area contributed by atoms with E-state index in [-0.39, 0.29) is 12.3 Å². The third kappa shape index (κ3) is 4.20. The Balaban J connectivity index is 1.56. The zero-order valence-electron chi connectivity index (χ0n) is 13.1. The first-order valence-electron chi connectivity index (χ1n) is 7.42. The van der Waals surface area contributed by atoms with Gasteiger partial charge in [0.1, 0.15) is 5.69 Å². The Morgan fingerprint density at radius 2 is 2.17 bits per heavy atom. The average molecular weight is 340 g/mol. The van der Waals surface area contributed by atoms with E-state index in [9.17, 15) is 4.79 Å². The SMILES string of the molecule is CSc1cccc(NC(=O)CCc2nc(-c3ccccn3)no2)c1. The van der Waals surface area contributed by atoms with E-state index in [2.05, 4.69) is 20.4 Å². The monoisotopic (exact) mass is 340 g/mol. The Hall–Kier alpha value is -2.67. The highest BCUT2D eigenvalue weighted by Gasteiger charge is 2.11. The van der Waals surface area contributed by atoms with Gasteiger partial charge in [-0.3, -0.25) is 9.78 Å². The fourth-order valence-electron chi connectivity index (χ4n) is 2.10. The number of carbonyl (C=O) groups is 1. The van der Waals surface area contributed by atoms with Crippen LogP contribution in [0.15, 0.2) is 58.1 Å². The number of thioether (sulfide) groups is 1. The van der Waals surface area contributed by atoms with Crippen molar-refractivity contribution in [1.82, 2.24) is 15.1 Å². The van der Waals surface area contributed by atoms with Gasteiger partial charge in [0.15, 0.2) is 0 Å². The van der Waals surface area contributed by atoms with Crippen LogP contribution in [0.1, 0.15) is 12.3 Å². The third-order valence-electron chi connectivity index (χ3n) is 3.28. The van der Waals surface area contributed by atoms with Crippen molar-refractivity contribution >= 4 is 23.4 Å². The molecule has 1 amide bonds. The highest BCUT2D eigenvalue weighted by Crippen LogP contribution is 2.19. The van der Waals surface area contributed by atoms with Crippen LogP contribution in [0.2, 0.25) is 0 Å². The molecular weight excluding hydrogens is 324 g/mol. The molecule has 0 unspecified atom stereocenters. The number of benzene rings is 1. The van der Waals surface area contributed by atoms with E-state index < -0.39 is 0 Å². The van der Waals surface area contributed by atoms with Crippen molar-refractivity contribution in [3.63, 3.8) is 0 Å². The van der Waals surface area contributed by atoms with Crippen molar-refractivity contribution < 1.29 is 9.32 Å². The van der Waals surface area contributed by atoms with Gasteiger partial charge in [0.25, 0.3) is 0 Å². The highest BCUT2D eigenvalue weighted by molar-refractivity contribution is 7.98. The van der Waals surface area contributed by atoms with Gasteiger partial charge in [0.05, 0.1) is 0 Å². The summed E-state index contributed by atoms with van der Waals surface area (Å²) in [5, 5.41) is 6.76. The molecule has 2 aromatic heterocycles. The van der Waals surface area contributed by atoms with Crippen LogP contribution in [0.4, 0.5) is 5.69 Å². The molecule has 0 spiro atoms. The lowest BCUT2D eigenvalue weighted by molar-refractivity contribution is -0.116. The molecule has 1 aromatic carbocycles. The second-order valence-corrected chi connectivity index (χ2v) is 5.89. The van der Waals surface area contributed by atoms with Crippen molar-refractivity contribution in [2.24, 2.45) is 0 Å². The normalized spacial score (nSPS) is 10.5. The Morgan fingerprint density at radius 3 is 2.96 bits per heavy atom. The van der Waals surface area contributed by atoms with E-state index >= 15 is 0 Å². The molecule has 0 aliphatic heterocycles. The summed E-state index contributed by atoms with van der Waals surface area (Å²) in [5.74, 6) is 0.758. The topological polar surface area (TPSA) is 80.9 Å². The molecule has 0 saturated heterocycles. The summed E-state index contributed by atoms with van der Waals surface area (Å²) in [6.45, 7) is 0. The van der Waals surface area contributed by atoms with Gasteiger partial charge in [-0.1, -0.05) is 17.3 Å². The van der Waals surface area contributed by atoms with Crippen molar-refractivity contribution in [3.05, 3.63) is 54.6 Å². The average Bonchev–Trinajstić information content (AvgIpc) is 3.10. The van der Waals surface area contributed by atoms with Gasteiger partial charge in [-0.2, -0.15) is 4.98 Å². The van der Waals surface area contributed by atoms with E-state index in [4.69, 9.17) is 4.52 Å². The molecule has 3 rings (SSSR count). The number of aromatic nitrogens is 3. The number of hydrogen-bond acceptors (Lipinski definition) is 6. The molecule has 2 heterocycles. The van der Waals surface area contributed by atoms with Gasteiger partial charge in [0, 0.05) is 29.6 Å². The molecule has 0 aliphatic rings. The highest BCUT2D eigenvalue weighted by atomic mass is 32.2. The summed E-state index contributed by atoms with van der Waals surface area (Å²) >= 11 is 1.63. The number of rotatable bonds is 6. The van der Waals surface area contributed by atoms with Crippen LogP contribution in [0, 0.1) is 0 Å². The Labute approximate surface area is 143 Å². The molecule has 7 heteroatoms. The van der Waals surface area contributed by atoms with Crippen LogP contribution in [-0.4, -0.2) is 27.3 Å². The van der Waals surface area contributed by atoms with E-state index in [0.29, 0.717) is 23.8 Å². The van der Waals surface area contributed by atoms with Crippen LogP contribution in [0.25, 0.3) is 11.5 Å². The minimum Gasteiger partial charge on any atom is -0.339 e. The van der Waals surface area contributed by atoms with Gasteiger partial charge in [-0.15, -0.1) is 11.8 Å². The maximum atomic E-state index is 12.0. The smallest absolute Gasteiger partial charge is 0.227 e. The minimum absolute atomic E-state index is 0.0918. The molecule has 122 valence electrons. The van der Waals surface area contributed by atoms with E-state index in [1.807, 2.05) is 42.7 Å². The molecule has 1 N–H and O–H groups in total. The molecule has 0 fully saturated rings. The first-order chi connectivity index (χ1) is 11.7. The number of pyridine rings is 1. The quantitative estimate of drug-likeness (QED) is 0.693. The molecule has 6 nitrogen and oxygen atoms in total. The number of aryl methyl sites for hydroxylation is 1. The van der Waals surface area contributed by atoms with Gasteiger partial charge in [0.2, 0.25) is 17.6 Å². The molecule has 0 radical (unpaired) electrons. The lowest BCUT2D eigenvalue weighted by Gasteiger charge is -2.05. The summed E-state index contributed by atoms with van der Waals surface area (Å²) < 4.78 is 5.17. The summed E-state index contributed by atoms with van der Waals surface area (Å²) in [6, 6.07) is 13.2. The van der Waals surface area contributed by atoms with Gasteiger partial charge < -0.3 is 9.84 Å². The van der Waals surface area contributed by atoms with Gasteiger partial charge in [-0.25, -0.2) is 0 Å². The van der Waals surface area contributed by atoms with E-state index in [1.165, 1.54) is 0 Å². The van der Waals surface area contributed by atoms with Crippen LogP contribution in [0.5, 0.6) is 0 Å². The van der Waals surface area contributed by atoms with Gasteiger partial charge in [-0.05, 0) is 36.6 Å². The number of carbonyl (C=O) groups excluding carboxylic acids is 1. The first-order valence-corrected chi connectivity index (χ1v) is 8.65. The molecule has 24 heavy (non-hydrogen) atoms. The second-order valence-electron chi connectivity index (χ2n) is 5.01. The Kier molecular flexibility index (Phi) is 5.22. The Morgan fingerprint density at radius 1 is 1.25 bits per heavy atom. The number of nitrogens with one attached hydrogen (secondary N) is 1. The predicted molar refractivity (Wildman–Crippen MR) is 92.7 cm³/mol. The third-order valence-corrected chi connectivity index (χ3v) is 4.01. The number of hydrogen-bond donors (Lipinski definition) is 1. The molecule has 0 bridgehead atoms. The van der Waals surface area contributed by atoms with Crippen molar-refractivity contribution in [3.8, 4) is 11.5 Å². The number of anilines is 1. The fourth-order valence-corrected chi connectivity index (χ4v) is 2.56. The molecular formula is C17H16N4O2S. The maximum Gasteiger partial charge on any atom is 0.227 e. The predicted octanol–water partition coefficient (Wildman–Crippen LogP) is 3.42. The summed E-state index contributed by atoms with van der Waals surface area (Å²) in [5.41, 5.74) is 1.43. The Bertz CT molecular complexity index is 820. The number of nitrogens with zero attached hydrogens (tertiary/aromatic N) is 3. The van der Waals surface area contributed by atoms with Gasteiger partial charge >= 0.3 is 0 Å². The van der Waals surface area contributed by atoms with E-state index in [1.54, 1.807) is 24.0 Å². The van der Waals surface area contributed by atoms with Crippen LogP contribution in [0.3, 0.4) is 0 Å². The minimum atomic E-state index is -0.0918. The molecule has 3 aromatic rings. The van der Waals surface area contributed by atoms with Crippen molar-refractivity contribution in [2.75, 3.05) is 11.6 Å². The number of amides is 1. The lowest BCUT2D eigenvalue weighted by atomic mass is 10.2.